The van der Waals surface area contributed by atoms with Crippen molar-refractivity contribution in [3.05, 3.63) is 29.3 Å². The lowest BCUT2D eigenvalue weighted by atomic mass is 10.1. The van der Waals surface area contributed by atoms with Gasteiger partial charge >= 0.3 is 0 Å². The summed E-state index contributed by atoms with van der Waals surface area (Å²) in [5.41, 5.74) is 2.59. The molecule has 1 aliphatic heterocycles. The van der Waals surface area contributed by atoms with Gasteiger partial charge in [-0.2, -0.15) is 0 Å². The molecule has 1 aromatic carbocycles. The molecule has 1 fully saturated rings. The molecule has 0 aromatic heterocycles. The molecule has 2 atom stereocenters. The number of carbonyl (C=O) groups is 1. The van der Waals surface area contributed by atoms with Crippen LogP contribution >= 0.6 is 0 Å². The van der Waals surface area contributed by atoms with E-state index in [1.807, 2.05) is 26.2 Å². The van der Waals surface area contributed by atoms with E-state index in [0.717, 1.165) is 31.6 Å². The zero-order chi connectivity index (χ0) is 13.4. The summed E-state index contributed by atoms with van der Waals surface area (Å²) in [5.74, 6) is 0.990. The van der Waals surface area contributed by atoms with Gasteiger partial charge in [-0.3, -0.25) is 4.79 Å². The zero-order valence-corrected chi connectivity index (χ0v) is 11.5. The molecule has 0 radical (unpaired) electrons. The minimum atomic E-state index is -0.301. The molecule has 2 unspecified atom stereocenters. The fourth-order valence-corrected chi connectivity index (χ4v) is 3.08. The number of carbonyl (C=O) groups excluding carboxylic acids is 1. The minimum absolute atomic E-state index is 0.0979. The van der Waals surface area contributed by atoms with Crippen LogP contribution in [0.2, 0.25) is 0 Å². The van der Waals surface area contributed by atoms with E-state index >= 15 is 0 Å². The second kappa shape index (κ2) is 4.85. The molecule has 102 valence electrons. The summed E-state index contributed by atoms with van der Waals surface area (Å²) >= 11 is 0. The van der Waals surface area contributed by atoms with Gasteiger partial charge in [0.2, 0.25) is 0 Å². The largest absolute Gasteiger partial charge is 0.480 e. The molecule has 1 amide bonds. The Balaban J connectivity index is 1.83. The second-order valence-electron chi connectivity index (χ2n) is 5.36. The van der Waals surface area contributed by atoms with Crippen LogP contribution in [0.4, 0.5) is 0 Å². The molecule has 1 saturated heterocycles. The summed E-state index contributed by atoms with van der Waals surface area (Å²) < 4.78 is 5.97. The van der Waals surface area contributed by atoms with Gasteiger partial charge in [-0.1, -0.05) is 12.1 Å². The fraction of sp³-hybridized carbons (Fsp3) is 0.533. The molecule has 2 aliphatic rings. The Hall–Kier alpha value is -1.55. The molecule has 0 spiro atoms. The van der Waals surface area contributed by atoms with E-state index in [-0.39, 0.29) is 12.0 Å². The number of nitrogens with zero attached hydrogens (tertiary/aromatic N) is 1. The molecular formula is C15H20N2O2. The van der Waals surface area contributed by atoms with E-state index < -0.39 is 0 Å². The van der Waals surface area contributed by atoms with E-state index in [1.165, 1.54) is 11.1 Å². The number of likely N-dealkylation sites (tertiary alicyclic amines) is 1. The molecule has 0 saturated carbocycles. The number of nitrogens with one attached hydrogen (secondary N) is 1. The maximum Gasteiger partial charge on any atom is 0.263 e. The number of rotatable bonds is 3. The Morgan fingerprint density at radius 2 is 2.21 bits per heavy atom. The maximum atomic E-state index is 11.9. The lowest BCUT2D eigenvalue weighted by Crippen LogP contribution is -2.29. The van der Waals surface area contributed by atoms with Crippen molar-refractivity contribution < 1.29 is 9.53 Å². The van der Waals surface area contributed by atoms with Crippen LogP contribution in [-0.4, -0.2) is 37.6 Å². The van der Waals surface area contributed by atoms with Crippen molar-refractivity contribution in [2.45, 2.75) is 31.4 Å². The monoisotopic (exact) mass is 260 g/mol. The van der Waals surface area contributed by atoms with Crippen LogP contribution in [0, 0.1) is 0 Å². The van der Waals surface area contributed by atoms with Crippen molar-refractivity contribution in [1.29, 1.82) is 0 Å². The number of hydrogen-bond donors (Lipinski definition) is 1. The van der Waals surface area contributed by atoms with Crippen LogP contribution in [0.15, 0.2) is 18.2 Å². The number of likely N-dealkylation sites (N-methyl/N-ethyl adjacent to an activating group) is 1. The van der Waals surface area contributed by atoms with Crippen molar-refractivity contribution in [3.8, 4) is 5.75 Å². The van der Waals surface area contributed by atoms with Crippen LogP contribution < -0.4 is 10.1 Å². The molecule has 3 rings (SSSR count). The lowest BCUT2D eigenvalue weighted by Gasteiger charge is -2.16. The van der Waals surface area contributed by atoms with Gasteiger partial charge in [0, 0.05) is 26.1 Å². The summed E-state index contributed by atoms with van der Waals surface area (Å²) in [4.78, 5) is 13.7. The van der Waals surface area contributed by atoms with Crippen LogP contribution in [0.1, 0.15) is 30.0 Å². The molecule has 0 bridgehead atoms. The molecule has 4 nitrogen and oxygen atoms in total. The summed E-state index contributed by atoms with van der Waals surface area (Å²) in [7, 11) is 3.82. The molecule has 1 aromatic rings. The summed E-state index contributed by atoms with van der Waals surface area (Å²) in [6, 6.07) is 6.58. The van der Waals surface area contributed by atoms with Gasteiger partial charge < -0.3 is 15.0 Å². The van der Waals surface area contributed by atoms with Gasteiger partial charge in [-0.05, 0) is 37.1 Å². The van der Waals surface area contributed by atoms with Crippen LogP contribution in [0.25, 0.3) is 0 Å². The first-order valence-corrected chi connectivity index (χ1v) is 6.91. The molecule has 19 heavy (non-hydrogen) atoms. The number of benzene rings is 1. The summed E-state index contributed by atoms with van der Waals surface area (Å²) in [6.07, 6.45) is 2.61. The molecule has 1 aliphatic carbocycles. The quantitative estimate of drug-likeness (QED) is 0.895. The van der Waals surface area contributed by atoms with Crippen LogP contribution in [-0.2, 0) is 11.2 Å². The number of amides is 1. The van der Waals surface area contributed by atoms with Gasteiger partial charge in [0.1, 0.15) is 5.75 Å². The Bertz CT molecular complexity index is 501. The van der Waals surface area contributed by atoms with E-state index in [0.29, 0.717) is 6.04 Å². The first kappa shape index (κ1) is 12.5. The first-order valence-electron chi connectivity index (χ1n) is 6.91. The topological polar surface area (TPSA) is 41.6 Å². The normalized spacial score (nSPS) is 25.8. The molecular weight excluding hydrogens is 240 g/mol. The van der Waals surface area contributed by atoms with E-state index in [4.69, 9.17) is 4.74 Å². The van der Waals surface area contributed by atoms with Crippen molar-refractivity contribution in [2.24, 2.45) is 0 Å². The highest BCUT2D eigenvalue weighted by molar-refractivity contribution is 5.83. The molecule has 1 heterocycles. The van der Waals surface area contributed by atoms with Gasteiger partial charge in [-0.15, -0.1) is 0 Å². The fourth-order valence-electron chi connectivity index (χ4n) is 3.08. The number of hydrogen-bond acceptors (Lipinski definition) is 3. The molecule has 4 heteroatoms. The predicted octanol–water partition coefficient (Wildman–Crippen LogP) is 1.50. The van der Waals surface area contributed by atoms with Crippen molar-refractivity contribution in [1.82, 2.24) is 10.2 Å². The standard InChI is InChI=1S/C15H20N2O2/c1-16-12-7-6-11-10(12)4-3-5-13(11)19-14-8-9-17(2)15(14)18/h3-5,12,14,16H,6-9H2,1-2H3. The third-order valence-electron chi connectivity index (χ3n) is 4.22. The number of ether oxygens (including phenoxy) is 1. The van der Waals surface area contributed by atoms with Crippen molar-refractivity contribution in [2.75, 3.05) is 20.6 Å². The van der Waals surface area contributed by atoms with E-state index in [9.17, 15) is 4.79 Å². The summed E-state index contributed by atoms with van der Waals surface area (Å²) in [5, 5.41) is 3.33. The van der Waals surface area contributed by atoms with Crippen LogP contribution in [0.5, 0.6) is 5.75 Å². The Labute approximate surface area is 113 Å². The SMILES string of the molecule is CNC1CCc2c(OC3CCN(C)C3=O)cccc21. The van der Waals surface area contributed by atoms with Gasteiger partial charge in [0.05, 0.1) is 0 Å². The van der Waals surface area contributed by atoms with Crippen LogP contribution in [0.3, 0.4) is 0 Å². The Kier molecular flexibility index (Phi) is 3.19. The Morgan fingerprint density at radius 3 is 2.89 bits per heavy atom. The van der Waals surface area contributed by atoms with Gasteiger partial charge in [0.25, 0.3) is 5.91 Å². The molecule has 1 N–H and O–H groups in total. The highest BCUT2D eigenvalue weighted by Crippen LogP contribution is 2.37. The smallest absolute Gasteiger partial charge is 0.263 e. The van der Waals surface area contributed by atoms with E-state index in [1.54, 1.807) is 4.90 Å². The number of fused-ring (bicyclic) bond motifs is 1. The Morgan fingerprint density at radius 1 is 1.37 bits per heavy atom. The average Bonchev–Trinajstić information content (AvgIpc) is 2.98. The highest BCUT2D eigenvalue weighted by Gasteiger charge is 2.32. The first-order chi connectivity index (χ1) is 9.20. The predicted molar refractivity (Wildman–Crippen MR) is 73.2 cm³/mol. The second-order valence-corrected chi connectivity index (χ2v) is 5.36. The maximum absolute atomic E-state index is 11.9. The van der Waals surface area contributed by atoms with Crippen molar-refractivity contribution in [3.63, 3.8) is 0 Å². The van der Waals surface area contributed by atoms with E-state index in [2.05, 4.69) is 11.4 Å². The van der Waals surface area contributed by atoms with Gasteiger partial charge in [0.15, 0.2) is 6.10 Å². The summed E-state index contributed by atoms with van der Waals surface area (Å²) in [6.45, 7) is 0.789. The third-order valence-corrected chi connectivity index (χ3v) is 4.22. The third kappa shape index (κ3) is 2.10. The highest BCUT2D eigenvalue weighted by atomic mass is 16.5. The van der Waals surface area contributed by atoms with Crippen molar-refractivity contribution >= 4 is 5.91 Å². The minimum Gasteiger partial charge on any atom is -0.480 e. The van der Waals surface area contributed by atoms with Gasteiger partial charge in [-0.25, -0.2) is 0 Å². The lowest BCUT2D eigenvalue weighted by molar-refractivity contribution is -0.132. The average molecular weight is 260 g/mol. The zero-order valence-electron chi connectivity index (χ0n) is 11.5.